The summed E-state index contributed by atoms with van der Waals surface area (Å²) in [4.78, 5) is 60.5. The van der Waals surface area contributed by atoms with Crippen LogP contribution in [0.3, 0.4) is 0 Å². The van der Waals surface area contributed by atoms with E-state index >= 15 is 0 Å². The number of fused-ring (bicyclic) bond motifs is 2. The number of ketones is 1. The Kier molecular flexibility index (Phi) is 14.2. The number of aromatic nitrogens is 1. The van der Waals surface area contributed by atoms with Gasteiger partial charge in [0.2, 0.25) is 0 Å². The third-order valence-corrected chi connectivity index (χ3v) is 13.9. The molecule has 4 bridgehead atoms. The first kappa shape index (κ1) is 50.4. The standard InChI is InChI=1S/C52H63N3O12/c1-26-17-15-18-27(2)50(62)54-41-45(60)38-37(40-48(41)66-36-25-33(20-21-34(36)53-40)19-16-23-55(12,13)51(8,9)10)39-47(31(6)44(38)59)67-52(11,49(39)61)64-24-22-35(63-14)28(3)46(65-32(7)56)30(5)43(58)29(4)42(26)57/h15,17-18,20-22,24-26,28-30,35,42-43,46,57-58H,23H2,1-14H3,(H-,53,54,59,60,61,62)/p+1/b17-15+,24-22+,27-18-/t26-,28+,29+,30+,35-,42-,43+,46+,52-/m0/s1. The van der Waals surface area contributed by atoms with Gasteiger partial charge in [0.15, 0.2) is 22.3 Å². The maximum atomic E-state index is 14.8. The number of nitrogens with zero attached hydrogens (tertiary/aromatic N) is 2. The average molecular weight is 923 g/mol. The van der Waals surface area contributed by atoms with Crippen molar-refractivity contribution in [3.63, 3.8) is 0 Å². The van der Waals surface area contributed by atoms with Crippen molar-refractivity contribution in [2.75, 3.05) is 33.1 Å². The number of esters is 1. The fourth-order valence-electron chi connectivity index (χ4n) is 8.46. The molecule has 67 heavy (non-hydrogen) atoms. The summed E-state index contributed by atoms with van der Waals surface area (Å²) in [5, 5.41) is 37.6. The zero-order valence-electron chi connectivity index (χ0n) is 40.9. The Balaban J connectivity index is 1.58. The summed E-state index contributed by atoms with van der Waals surface area (Å²) in [5.41, 5.74) is 0.103. The number of carbonyl (C=O) groups excluding carboxylic acids is 3. The Labute approximate surface area is 391 Å². The van der Waals surface area contributed by atoms with Crippen LogP contribution in [-0.2, 0) is 23.8 Å². The topological polar surface area (TPSA) is 204 Å². The number of aliphatic hydroxyl groups excluding tert-OH is 2. The molecule has 4 aromatic rings. The number of nitrogens with one attached hydrogen (secondary N) is 1. The highest BCUT2D eigenvalue weighted by atomic mass is 16.7. The summed E-state index contributed by atoms with van der Waals surface area (Å²) in [6.45, 7) is 19.6. The van der Waals surface area contributed by atoms with Crippen LogP contribution in [0.5, 0.6) is 11.5 Å². The van der Waals surface area contributed by atoms with Crippen LogP contribution in [0.2, 0.25) is 0 Å². The van der Waals surface area contributed by atoms with Gasteiger partial charge < -0.3 is 48.5 Å². The molecule has 6 rings (SSSR count). The largest absolute Gasteiger partial charge is 0.505 e. The zero-order valence-corrected chi connectivity index (χ0v) is 40.9. The van der Waals surface area contributed by atoms with Crippen LogP contribution in [-0.4, -0.2) is 106 Å². The molecular weight excluding hydrogens is 859 g/mol. The fraction of sp³-hybridized carbons (Fsp3) is 0.481. The van der Waals surface area contributed by atoms with Crippen molar-refractivity contribution in [3.05, 3.63) is 81.3 Å². The van der Waals surface area contributed by atoms with Crippen molar-refractivity contribution in [2.24, 2.45) is 23.7 Å². The van der Waals surface area contributed by atoms with E-state index in [0.29, 0.717) is 22.1 Å². The van der Waals surface area contributed by atoms with E-state index in [1.54, 1.807) is 65.0 Å². The van der Waals surface area contributed by atoms with Crippen LogP contribution in [0.25, 0.3) is 33.0 Å². The van der Waals surface area contributed by atoms with Gasteiger partial charge in [-0.15, -0.1) is 0 Å². The van der Waals surface area contributed by atoms with E-state index in [1.165, 1.54) is 46.3 Å². The molecule has 0 spiro atoms. The van der Waals surface area contributed by atoms with E-state index in [2.05, 4.69) is 52.0 Å². The molecule has 0 saturated carbocycles. The first-order chi connectivity index (χ1) is 31.2. The van der Waals surface area contributed by atoms with E-state index in [4.69, 9.17) is 28.3 Å². The van der Waals surface area contributed by atoms with Gasteiger partial charge in [-0.25, -0.2) is 4.98 Å². The number of Topliss-reactive ketones (excluding diaryl/α,β-unsaturated/α-hetero) is 1. The van der Waals surface area contributed by atoms with Crippen LogP contribution < -0.4 is 15.5 Å². The molecule has 358 valence electrons. The Bertz CT molecular complexity index is 2860. The molecule has 15 heteroatoms. The number of carbonyl (C=O) groups is 3. The van der Waals surface area contributed by atoms with E-state index in [0.717, 1.165) is 0 Å². The van der Waals surface area contributed by atoms with Crippen molar-refractivity contribution in [3.8, 4) is 23.3 Å². The predicted octanol–water partition coefficient (Wildman–Crippen LogP) is 7.22. The number of benzene rings is 3. The second kappa shape index (κ2) is 18.9. The molecule has 2 aliphatic rings. The third-order valence-electron chi connectivity index (χ3n) is 13.9. The summed E-state index contributed by atoms with van der Waals surface area (Å²) in [6.07, 6.45) is 3.62. The summed E-state index contributed by atoms with van der Waals surface area (Å²) in [7, 11) is 5.65. The molecule has 15 nitrogen and oxygen atoms in total. The minimum atomic E-state index is -2.05. The summed E-state index contributed by atoms with van der Waals surface area (Å²) >= 11 is 0. The predicted molar refractivity (Wildman–Crippen MR) is 255 cm³/mol. The van der Waals surface area contributed by atoms with Crippen molar-refractivity contribution < 1.29 is 57.6 Å². The summed E-state index contributed by atoms with van der Waals surface area (Å²) in [5.74, 6) is -0.795. The molecular formula is C52H64N3O12+. The number of phenolic OH excluding ortho intramolecular Hbond substituents is 1. The van der Waals surface area contributed by atoms with Crippen LogP contribution in [0.1, 0.15) is 90.7 Å². The molecule has 3 heterocycles. The number of ether oxygens (including phenoxy) is 4. The van der Waals surface area contributed by atoms with Crippen molar-refractivity contribution in [1.82, 2.24) is 4.98 Å². The van der Waals surface area contributed by atoms with E-state index < -0.39 is 82.7 Å². The molecule has 2 aliphatic heterocycles. The van der Waals surface area contributed by atoms with E-state index in [1.807, 2.05) is 0 Å². The number of phenols is 1. The second-order valence-electron chi connectivity index (χ2n) is 19.7. The SMILES string of the molecule is CO[C@H]1/C=C/O[C@@]2(C)Oc3c(C)c(=O)c4c(O)c(c5oc6cc(C#CC[N+](C)(C)C(C)(C)C)ccc6nc5c4c3C2=O)NC(=O)/C(C)=C\C=C\[C@H](C)[C@H](O)[C@@H](C)[C@@H](O)[C@@H](C)[C@H](OC(C)=O)[C@@H]1C. The van der Waals surface area contributed by atoms with Gasteiger partial charge in [-0.3, -0.25) is 19.2 Å². The highest BCUT2D eigenvalue weighted by Gasteiger charge is 2.49. The molecule has 1 amide bonds. The minimum Gasteiger partial charge on any atom is -0.505 e. The first-order valence-corrected chi connectivity index (χ1v) is 22.5. The van der Waals surface area contributed by atoms with Gasteiger partial charge in [0.05, 0.1) is 55.2 Å². The third kappa shape index (κ3) is 9.58. The maximum Gasteiger partial charge on any atom is 0.312 e. The average Bonchev–Trinajstić information content (AvgIpc) is 3.53. The first-order valence-electron chi connectivity index (χ1n) is 22.5. The van der Waals surface area contributed by atoms with Gasteiger partial charge in [0.1, 0.15) is 35.1 Å². The monoisotopic (exact) mass is 922 g/mol. The molecule has 1 aromatic heterocycles. The molecule has 0 unspecified atom stereocenters. The summed E-state index contributed by atoms with van der Waals surface area (Å²) in [6, 6.07) is 5.17. The van der Waals surface area contributed by atoms with Gasteiger partial charge >= 0.3 is 11.8 Å². The lowest BCUT2D eigenvalue weighted by molar-refractivity contribution is -0.929. The van der Waals surface area contributed by atoms with Gasteiger partial charge in [-0.1, -0.05) is 51.8 Å². The minimum absolute atomic E-state index is 0.00860. The molecule has 0 radical (unpaired) electrons. The quantitative estimate of drug-likeness (QED) is 0.0401. The van der Waals surface area contributed by atoms with Gasteiger partial charge in [-0.05, 0) is 64.8 Å². The molecule has 9 atom stereocenters. The highest BCUT2D eigenvalue weighted by Crippen LogP contribution is 2.48. The lowest BCUT2D eigenvalue weighted by atomic mass is 9.78. The number of anilines is 1. The van der Waals surface area contributed by atoms with Crippen molar-refractivity contribution in [1.29, 1.82) is 0 Å². The second-order valence-corrected chi connectivity index (χ2v) is 19.7. The Morgan fingerprint density at radius 2 is 1.69 bits per heavy atom. The molecule has 3 aromatic carbocycles. The normalized spacial score (nSPS) is 28.3. The lowest BCUT2D eigenvalue weighted by Gasteiger charge is -2.40. The Hall–Kier alpha value is -6.05. The number of aliphatic hydroxyl groups is 2. The van der Waals surface area contributed by atoms with E-state index in [-0.39, 0.29) is 61.1 Å². The number of aromatic hydroxyl groups is 1. The summed E-state index contributed by atoms with van der Waals surface area (Å²) < 4.78 is 31.1. The number of hydrogen-bond donors (Lipinski definition) is 4. The molecule has 0 fully saturated rings. The van der Waals surface area contributed by atoms with Gasteiger partial charge in [0.25, 0.3) is 11.7 Å². The van der Waals surface area contributed by atoms with Crippen LogP contribution in [0.4, 0.5) is 5.69 Å². The van der Waals surface area contributed by atoms with E-state index in [9.17, 15) is 34.5 Å². The Morgan fingerprint density at radius 1 is 1.00 bits per heavy atom. The molecule has 0 saturated heterocycles. The van der Waals surface area contributed by atoms with Gasteiger partial charge in [0, 0.05) is 66.7 Å². The fourth-order valence-corrected chi connectivity index (χ4v) is 8.46. The zero-order chi connectivity index (χ0) is 49.7. The number of allylic oxidation sites excluding steroid dienone is 2. The lowest BCUT2D eigenvalue weighted by Crippen LogP contribution is -2.54. The number of quaternary nitrogens is 1. The number of amides is 1. The molecule has 0 aliphatic carbocycles. The maximum absolute atomic E-state index is 14.8. The van der Waals surface area contributed by atoms with Crippen LogP contribution >= 0.6 is 0 Å². The highest BCUT2D eigenvalue weighted by molar-refractivity contribution is 6.26. The van der Waals surface area contributed by atoms with Crippen molar-refractivity contribution >= 4 is 56.3 Å². The smallest absolute Gasteiger partial charge is 0.312 e. The number of hydrogen-bond acceptors (Lipinski definition) is 13. The van der Waals surface area contributed by atoms with Crippen molar-refractivity contribution in [2.45, 2.75) is 112 Å². The molecule has 4 N–H and O–H groups in total. The van der Waals surface area contributed by atoms with Crippen LogP contribution in [0.15, 0.2) is 63.6 Å². The van der Waals surface area contributed by atoms with Crippen LogP contribution in [0, 0.1) is 42.4 Å². The number of methoxy groups -OCH3 is 1. The Morgan fingerprint density at radius 3 is 2.33 bits per heavy atom. The number of rotatable bonds is 3. The van der Waals surface area contributed by atoms with Gasteiger partial charge in [-0.2, -0.15) is 0 Å².